The summed E-state index contributed by atoms with van der Waals surface area (Å²) in [6.07, 6.45) is 0. The fraction of sp³-hybridized carbons (Fsp3) is 0.222. The Hall–Kier alpha value is -2.74. The second-order valence-electron chi connectivity index (χ2n) is 5.29. The van der Waals surface area contributed by atoms with Crippen LogP contribution in [0.2, 0.25) is 0 Å². The van der Waals surface area contributed by atoms with Crippen molar-refractivity contribution in [3.8, 4) is 11.5 Å². The third kappa shape index (κ3) is 4.89. The van der Waals surface area contributed by atoms with E-state index in [0.717, 1.165) is 11.8 Å². The minimum absolute atomic E-state index is 0.0851. The number of anilines is 1. The molecule has 3 rings (SSSR count). The zero-order valence-electron chi connectivity index (χ0n) is 13.7. The Bertz CT molecular complexity index is 814. The van der Waals surface area contributed by atoms with Crippen molar-refractivity contribution in [2.75, 3.05) is 30.9 Å². The molecule has 0 aliphatic carbocycles. The first-order chi connectivity index (χ1) is 12.6. The smallest absolute Gasteiger partial charge is 0.316 e. The van der Waals surface area contributed by atoms with Gasteiger partial charge >= 0.3 is 5.97 Å². The minimum Gasteiger partial charge on any atom is -0.486 e. The van der Waals surface area contributed by atoms with Crippen LogP contribution in [-0.4, -0.2) is 37.4 Å². The van der Waals surface area contributed by atoms with Crippen LogP contribution in [0.3, 0.4) is 0 Å². The SMILES string of the molecule is O=C(COC(=O)CSc1ccccc1F)Nc1ccc2c(c1)OCCO2. The van der Waals surface area contributed by atoms with E-state index in [1.54, 1.807) is 36.4 Å². The zero-order valence-corrected chi connectivity index (χ0v) is 14.5. The summed E-state index contributed by atoms with van der Waals surface area (Å²) in [7, 11) is 0. The van der Waals surface area contributed by atoms with E-state index in [9.17, 15) is 14.0 Å². The van der Waals surface area contributed by atoms with Crippen molar-refractivity contribution in [1.29, 1.82) is 0 Å². The molecule has 8 heteroatoms. The van der Waals surface area contributed by atoms with Crippen molar-refractivity contribution >= 4 is 29.3 Å². The summed E-state index contributed by atoms with van der Waals surface area (Å²) in [5.41, 5.74) is 0.510. The Balaban J connectivity index is 1.43. The van der Waals surface area contributed by atoms with Crippen LogP contribution < -0.4 is 14.8 Å². The highest BCUT2D eigenvalue weighted by atomic mass is 32.2. The van der Waals surface area contributed by atoms with E-state index < -0.39 is 24.3 Å². The van der Waals surface area contributed by atoms with Crippen molar-refractivity contribution in [2.45, 2.75) is 4.90 Å². The average molecular weight is 377 g/mol. The lowest BCUT2D eigenvalue weighted by atomic mass is 10.2. The summed E-state index contributed by atoms with van der Waals surface area (Å²) in [6, 6.07) is 11.1. The molecule has 26 heavy (non-hydrogen) atoms. The van der Waals surface area contributed by atoms with Crippen molar-refractivity contribution in [1.82, 2.24) is 0 Å². The number of rotatable bonds is 6. The first-order valence-corrected chi connectivity index (χ1v) is 8.83. The van der Waals surface area contributed by atoms with Gasteiger partial charge in [0, 0.05) is 16.6 Å². The Morgan fingerprint density at radius 1 is 1.12 bits per heavy atom. The van der Waals surface area contributed by atoms with Gasteiger partial charge in [0.15, 0.2) is 18.1 Å². The van der Waals surface area contributed by atoms with Gasteiger partial charge in [0.25, 0.3) is 5.91 Å². The fourth-order valence-corrected chi connectivity index (χ4v) is 2.94. The molecule has 0 bridgehead atoms. The van der Waals surface area contributed by atoms with E-state index in [-0.39, 0.29) is 5.75 Å². The lowest BCUT2D eigenvalue weighted by molar-refractivity contribution is -0.144. The molecule has 1 aliphatic heterocycles. The molecule has 1 amide bonds. The first-order valence-electron chi connectivity index (χ1n) is 7.84. The van der Waals surface area contributed by atoms with E-state index >= 15 is 0 Å². The zero-order chi connectivity index (χ0) is 18.4. The third-order valence-corrected chi connectivity index (χ3v) is 4.39. The van der Waals surface area contributed by atoms with E-state index in [1.165, 1.54) is 6.07 Å². The highest BCUT2D eigenvalue weighted by Gasteiger charge is 2.14. The number of benzene rings is 2. The maximum atomic E-state index is 13.5. The highest BCUT2D eigenvalue weighted by Crippen LogP contribution is 2.32. The molecule has 0 saturated carbocycles. The summed E-state index contributed by atoms with van der Waals surface area (Å²) in [6.45, 7) is 0.506. The summed E-state index contributed by atoms with van der Waals surface area (Å²) in [5, 5.41) is 2.61. The summed E-state index contributed by atoms with van der Waals surface area (Å²) < 4.78 is 29.2. The number of esters is 1. The van der Waals surface area contributed by atoms with Crippen LogP contribution in [0, 0.1) is 5.82 Å². The summed E-state index contributed by atoms with van der Waals surface area (Å²) in [4.78, 5) is 23.9. The first kappa shape index (κ1) is 18.1. The Morgan fingerprint density at radius 3 is 2.69 bits per heavy atom. The van der Waals surface area contributed by atoms with E-state index in [2.05, 4.69) is 5.32 Å². The fourth-order valence-electron chi connectivity index (χ4n) is 2.20. The molecule has 6 nitrogen and oxygen atoms in total. The van der Waals surface area contributed by atoms with Gasteiger partial charge in [-0.1, -0.05) is 12.1 Å². The number of carbonyl (C=O) groups is 2. The minimum atomic E-state index is -0.601. The predicted molar refractivity (Wildman–Crippen MR) is 94.1 cm³/mol. The molecule has 136 valence electrons. The number of hydrogen-bond acceptors (Lipinski definition) is 6. The molecule has 0 atom stereocenters. The van der Waals surface area contributed by atoms with Gasteiger partial charge in [-0.3, -0.25) is 9.59 Å². The number of thioether (sulfide) groups is 1. The van der Waals surface area contributed by atoms with E-state index in [4.69, 9.17) is 14.2 Å². The standard InChI is InChI=1S/C18H16FNO5S/c19-13-3-1-2-4-16(13)26-11-18(22)25-10-17(21)20-12-5-6-14-15(9-12)24-8-7-23-14/h1-6,9H,7-8,10-11H2,(H,20,21). The van der Waals surface area contributed by atoms with Crippen LogP contribution in [0.5, 0.6) is 11.5 Å². The maximum absolute atomic E-state index is 13.5. The van der Waals surface area contributed by atoms with Gasteiger partial charge < -0.3 is 19.5 Å². The average Bonchev–Trinajstić information content (AvgIpc) is 2.65. The normalized spacial score (nSPS) is 12.3. The molecule has 0 fully saturated rings. The molecule has 1 heterocycles. The van der Waals surface area contributed by atoms with Crippen LogP contribution in [0.1, 0.15) is 0 Å². The van der Waals surface area contributed by atoms with Crippen molar-refractivity contribution < 1.29 is 28.2 Å². The number of carbonyl (C=O) groups excluding carboxylic acids is 2. The predicted octanol–water partition coefficient (Wildman–Crippen LogP) is 2.87. The van der Waals surface area contributed by atoms with Crippen LogP contribution in [0.4, 0.5) is 10.1 Å². The van der Waals surface area contributed by atoms with Gasteiger partial charge in [-0.2, -0.15) is 0 Å². The maximum Gasteiger partial charge on any atom is 0.316 e. The number of fused-ring (bicyclic) bond motifs is 1. The number of nitrogens with one attached hydrogen (secondary N) is 1. The molecule has 1 N–H and O–H groups in total. The van der Waals surface area contributed by atoms with Crippen molar-refractivity contribution in [3.63, 3.8) is 0 Å². The molecule has 0 saturated heterocycles. The molecule has 2 aromatic rings. The second-order valence-corrected chi connectivity index (χ2v) is 6.30. The Kier molecular flexibility index (Phi) is 5.96. The molecule has 0 spiro atoms. The summed E-state index contributed by atoms with van der Waals surface area (Å²) in [5.74, 6) is -0.403. The van der Waals surface area contributed by atoms with Crippen LogP contribution in [-0.2, 0) is 14.3 Å². The van der Waals surface area contributed by atoms with Gasteiger partial charge in [0.1, 0.15) is 19.0 Å². The topological polar surface area (TPSA) is 73.9 Å². The van der Waals surface area contributed by atoms with Gasteiger partial charge in [0.05, 0.1) is 5.75 Å². The van der Waals surface area contributed by atoms with Crippen LogP contribution in [0.25, 0.3) is 0 Å². The largest absolute Gasteiger partial charge is 0.486 e. The molecule has 0 unspecified atom stereocenters. The number of hydrogen-bond donors (Lipinski definition) is 1. The van der Waals surface area contributed by atoms with Gasteiger partial charge in [-0.25, -0.2) is 4.39 Å². The number of amides is 1. The highest BCUT2D eigenvalue weighted by molar-refractivity contribution is 8.00. The van der Waals surface area contributed by atoms with Gasteiger partial charge in [0.2, 0.25) is 0 Å². The Labute approximate surface area is 153 Å². The third-order valence-electron chi connectivity index (χ3n) is 3.37. The molecule has 0 aromatic heterocycles. The van der Waals surface area contributed by atoms with Gasteiger partial charge in [-0.05, 0) is 24.3 Å². The molecule has 0 radical (unpaired) electrons. The van der Waals surface area contributed by atoms with E-state index in [0.29, 0.717) is 35.3 Å². The monoisotopic (exact) mass is 377 g/mol. The van der Waals surface area contributed by atoms with E-state index in [1.807, 2.05) is 0 Å². The quantitative estimate of drug-likeness (QED) is 0.616. The molecular weight excluding hydrogens is 361 g/mol. The lowest BCUT2D eigenvalue weighted by Gasteiger charge is -2.19. The van der Waals surface area contributed by atoms with Crippen LogP contribution >= 0.6 is 11.8 Å². The molecular formula is C18H16FNO5S. The molecule has 2 aromatic carbocycles. The van der Waals surface area contributed by atoms with Crippen molar-refractivity contribution in [3.05, 3.63) is 48.3 Å². The summed E-state index contributed by atoms with van der Waals surface area (Å²) >= 11 is 1.01. The lowest BCUT2D eigenvalue weighted by Crippen LogP contribution is -2.22. The Morgan fingerprint density at radius 2 is 1.88 bits per heavy atom. The van der Waals surface area contributed by atoms with Gasteiger partial charge in [-0.15, -0.1) is 11.8 Å². The number of halogens is 1. The second kappa shape index (κ2) is 8.57. The molecule has 1 aliphatic rings. The van der Waals surface area contributed by atoms with Crippen molar-refractivity contribution in [2.24, 2.45) is 0 Å². The number of ether oxygens (including phenoxy) is 3. The van der Waals surface area contributed by atoms with Crippen LogP contribution in [0.15, 0.2) is 47.4 Å².